The largest absolute Gasteiger partial charge is 0.310 e. The van der Waals surface area contributed by atoms with Gasteiger partial charge < -0.3 is 4.90 Å². The summed E-state index contributed by atoms with van der Waals surface area (Å²) in [6, 6.07) is 79.3. The second kappa shape index (κ2) is 16.1. The van der Waals surface area contributed by atoms with Gasteiger partial charge in [-0.1, -0.05) is 225 Å². The van der Waals surface area contributed by atoms with Crippen LogP contribution in [0.4, 0.5) is 17.1 Å². The van der Waals surface area contributed by atoms with Crippen molar-refractivity contribution in [2.75, 3.05) is 4.90 Å². The molecule has 2 aliphatic rings. The Kier molecular flexibility index (Phi) is 10.3. The van der Waals surface area contributed by atoms with E-state index in [4.69, 9.17) is 0 Å². The van der Waals surface area contributed by atoms with Gasteiger partial charge in [-0.15, -0.1) is 0 Å². The smallest absolute Gasteiger partial charge is 0.180 e. The van der Waals surface area contributed by atoms with Gasteiger partial charge in [0.2, 0.25) is 0 Å². The van der Waals surface area contributed by atoms with Gasteiger partial charge >= 0.3 is 0 Å². The summed E-state index contributed by atoms with van der Waals surface area (Å²) in [6.07, 6.45) is 0. The Labute approximate surface area is 405 Å². The SMILES string of the molecule is Cc1cc(N(c2ccc3c(c2)C(C)(C)c2ccccc2-3)c2ccc(-c3ccc(C(C)(C)C)cc3)cc2-c2ccc(C(C)(C)C)cc2)cc([Si]2(c3ccccc3)c3ccccc3-c3ccccc32)c1. The molecule has 1 aliphatic carbocycles. The van der Waals surface area contributed by atoms with Gasteiger partial charge in [0, 0.05) is 22.4 Å². The summed E-state index contributed by atoms with van der Waals surface area (Å²) in [5, 5.41) is 5.70. The van der Waals surface area contributed by atoms with E-state index in [1.165, 1.54) is 93.1 Å². The molecule has 1 nitrogen and oxygen atoms in total. The highest BCUT2D eigenvalue weighted by Crippen LogP contribution is 2.52. The number of aryl methyl sites for hydroxylation is 1. The maximum atomic E-state index is 2.58. The van der Waals surface area contributed by atoms with Crippen molar-refractivity contribution in [3.63, 3.8) is 0 Å². The molecule has 11 rings (SSSR count). The first-order chi connectivity index (χ1) is 32.6. The molecule has 0 atom stereocenters. The van der Waals surface area contributed by atoms with Crippen LogP contribution in [0.15, 0.2) is 206 Å². The van der Waals surface area contributed by atoms with Crippen molar-refractivity contribution >= 4 is 45.9 Å². The Morgan fingerprint density at radius 1 is 0.382 bits per heavy atom. The first kappa shape index (κ1) is 43.6. The van der Waals surface area contributed by atoms with Gasteiger partial charge in [-0.3, -0.25) is 0 Å². The summed E-state index contributed by atoms with van der Waals surface area (Å²) >= 11 is 0. The Bertz CT molecular complexity index is 3330. The van der Waals surface area contributed by atoms with Crippen LogP contribution in [0.2, 0.25) is 0 Å². The van der Waals surface area contributed by atoms with Gasteiger partial charge in [-0.2, -0.15) is 0 Å². The van der Waals surface area contributed by atoms with E-state index < -0.39 is 8.07 Å². The Balaban J connectivity index is 1.19. The molecule has 0 aromatic heterocycles. The molecule has 0 fully saturated rings. The number of rotatable bonds is 7. The van der Waals surface area contributed by atoms with E-state index in [1.54, 1.807) is 0 Å². The van der Waals surface area contributed by atoms with Gasteiger partial charge in [-0.05, 0) is 142 Å². The molecule has 0 amide bonds. The minimum Gasteiger partial charge on any atom is -0.310 e. The molecule has 0 saturated heterocycles. The number of fused-ring (bicyclic) bond motifs is 6. The van der Waals surface area contributed by atoms with Crippen molar-refractivity contribution in [3.8, 4) is 44.5 Å². The van der Waals surface area contributed by atoms with E-state index in [9.17, 15) is 0 Å². The predicted octanol–water partition coefficient (Wildman–Crippen LogP) is 15.1. The molecule has 1 heterocycles. The summed E-state index contributed by atoms with van der Waals surface area (Å²) in [6.45, 7) is 20.8. The number of anilines is 3. The highest BCUT2D eigenvalue weighted by molar-refractivity contribution is 7.22. The number of nitrogens with zero attached hydrogens (tertiary/aromatic N) is 1. The van der Waals surface area contributed by atoms with Gasteiger partial charge in [0.25, 0.3) is 0 Å². The third-order valence-corrected chi connectivity index (χ3v) is 20.0. The summed E-state index contributed by atoms with van der Waals surface area (Å²) in [4.78, 5) is 2.58. The maximum absolute atomic E-state index is 2.82. The molecule has 9 aromatic rings. The molecule has 2 heteroatoms. The Hall–Kier alpha value is -7.00. The van der Waals surface area contributed by atoms with Gasteiger partial charge in [0.05, 0.1) is 5.69 Å². The van der Waals surface area contributed by atoms with Crippen LogP contribution in [0.1, 0.15) is 83.2 Å². The lowest BCUT2D eigenvalue weighted by Crippen LogP contribution is -2.72. The monoisotopic (exact) mass is 895 g/mol. The third-order valence-electron chi connectivity index (χ3n) is 15.1. The quantitative estimate of drug-likeness (QED) is 0.144. The molecular weight excluding hydrogens is 835 g/mol. The van der Waals surface area contributed by atoms with Crippen LogP contribution in [0, 0.1) is 6.92 Å². The standard InChI is InChI=1S/C66H61NSi/c1-44-39-51(42-53(40-44)68(52-19-11-10-12-20-52)62-25-17-14-22-56(62)57-23-15-18-26-63(57)68)67(50-36-37-55-54-21-13-16-24-59(54)66(8,9)60(55)43-50)61-38-31-47(45-27-32-48(33-28-45)64(2,3)4)41-58(61)46-29-34-49(35-30-46)65(5,6)7/h10-43H,1-9H3. The van der Waals surface area contributed by atoms with Crippen molar-refractivity contribution in [1.82, 2.24) is 0 Å². The maximum Gasteiger partial charge on any atom is 0.180 e. The van der Waals surface area contributed by atoms with Crippen LogP contribution in [0.25, 0.3) is 44.5 Å². The van der Waals surface area contributed by atoms with Gasteiger partial charge in [0.1, 0.15) is 0 Å². The number of hydrogen-bond donors (Lipinski definition) is 0. The second-order valence-corrected chi connectivity index (χ2v) is 25.6. The van der Waals surface area contributed by atoms with E-state index in [0.29, 0.717) is 0 Å². The van der Waals surface area contributed by atoms with E-state index in [1.807, 2.05) is 0 Å². The average molecular weight is 896 g/mol. The highest BCUT2D eigenvalue weighted by atomic mass is 28.3. The van der Waals surface area contributed by atoms with E-state index >= 15 is 0 Å². The molecular formula is C66H61NSi. The van der Waals surface area contributed by atoms with Crippen molar-refractivity contribution in [2.24, 2.45) is 0 Å². The molecule has 0 radical (unpaired) electrons. The van der Waals surface area contributed by atoms with Gasteiger partial charge in [0.15, 0.2) is 8.07 Å². The van der Waals surface area contributed by atoms with Crippen LogP contribution in [-0.4, -0.2) is 8.07 Å². The van der Waals surface area contributed by atoms with Gasteiger partial charge in [-0.25, -0.2) is 0 Å². The first-order valence-corrected chi connectivity index (χ1v) is 26.4. The first-order valence-electron chi connectivity index (χ1n) is 24.4. The fourth-order valence-corrected chi connectivity index (χ4v) is 16.8. The zero-order valence-electron chi connectivity index (χ0n) is 41.1. The third kappa shape index (κ3) is 7.03. The zero-order chi connectivity index (χ0) is 47.2. The minimum atomic E-state index is -2.82. The lowest BCUT2D eigenvalue weighted by molar-refractivity contribution is 0.590. The predicted molar refractivity (Wildman–Crippen MR) is 294 cm³/mol. The van der Waals surface area contributed by atoms with Crippen molar-refractivity contribution < 1.29 is 0 Å². The van der Waals surface area contributed by atoms with Crippen LogP contribution >= 0.6 is 0 Å². The number of hydrogen-bond acceptors (Lipinski definition) is 1. The zero-order valence-corrected chi connectivity index (χ0v) is 42.1. The topological polar surface area (TPSA) is 3.24 Å². The molecule has 1 aliphatic heterocycles. The average Bonchev–Trinajstić information content (AvgIpc) is 3.77. The summed E-state index contributed by atoms with van der Waals surface area (Å²) in [5.41, 5.74) is 20.2. The molecule has 0 saturated carbocycles. The molecule has 0 N–H and O–H groups in total. The summed E-state index contributed by atoms with van der Waals surface area (Å²) in [7, 11) is -2.82. The normalized spacial score (nSPS) is 14.2. The fraction of sp³-hybridized carbons (Fsp3) is 0.182. The molecule has 68 heavy (non-hydrogen) atoms. The van der Waals surface area contributed by atoms with Crippen LogP contribution in [0.5, 0.6) is 0 Å². The summed E-state index contributed by atoms with van der Waals surface area (Å²) < 4.78 is 0. The highest BCUT2D eigenvalue weighted by Gasteiger charge is 2.49. The lowest BCUT2D eigenvalue weighted by Gasteiger charge is -2.34. The van der Waals surface area contributed by atoms with E-state index in [-0.39, 0.29) is 16.2 Å². The Morgan fingerprint density at radius 3 is 1.53 bits per heavy atom. The van der Waals surface area contributed by atoms with Crippen LogP contribution in [0.3, 0.4) is 0 Å². The van der Waals surface area contributed by atoms with Crippen molar-refractivity contribution in [3.05, 3.63) is 234 Å². The fourth-order valence-electron chi connectivity index (χ4n) is 11.5. The molecule has 9 aromatic carbocycles. The second-order valence-electron chi connectivity index (χ2n) is 21.9. The van der Waals surface area contributed by atoms with Crippen LogP contribution < -0.4 is 25.6 Å². The van der Waals surface area contributed by atoms with E-state index in [0.717, 1.165) is 17.1 Å². The molecule has 0 bridgehead atoms. The van der Waals surface area contributed by atoms with E-state index in [2.05, 4.69) is 273 Å². The lowest BCUT2D eigenvalue weighted by atomic mass is 9.82. The number of benzene rings is 9. The van der Waals surface area contributed by atoms with Crippen LogP contribution in [-0.2, 0) is 16.2 Å². The molecule has 334 valence electrons. The molecule has 0 unspecified atom stereocenters. The van der Waals surface area contributed by atoms with Crippen molar-refractivity contribution in [1.29, 1.82) is 0 Å². The van der Waals surface area contributed by atoms with Crippen molar-refractivity contribution in [2.45, 2.75) is 78.6 Å². The summed E-state index contributed by atoms with van der Waals surface area (Å²) in [5.74, 6) is 0. The molecule has 0 spiro atoms. The minimum absolute atomic E-state index is 0.0346. The Morgan fingerprint density at radius 2 is 0.912 bits per heavy atom.